The lowest BCUT2D eigenvalue weighted by atomic mass is 10.1. The van der Waals surface area contributed by atoms with E-state index in [2.05, 4.69) is 40.4 Å². The molecular weight excluding hydrogens is 314 g/mol. The SMILES string of the molecule is CC/C=C(\C=C/CCCl)/C=N/CN1CCC(NC(O)OC)CC1. The van der Waals surface area contributed by atoms with Crippen molar-refractivity contribution in [1.29, 1.82) is 0 Å². The van der Waals surface area contributed by atoms with E-state index >= 15 is 0 Å². The Labute approximate surface area is 145 Å². The van der Waals surface area contributed by atoms with Crippen molar-refractivity contribution >= 4 is 17.8 Å². The molecule has 1 fully saturated rings. The number of nitrogens with zero attached hydrogens (tertiary/aromatic N) is 2. The Morgan fingerprint density at radius 3 is 2.83 bits per heavy atom. The Morgan fingerprint density at radius 2 is 2.22 bits per heavy atom. The molecule has 1 aliphatic heterocycles. The molecule has 1 unspecified atom stereocenters. The standard InChI is InChI=1S/C17H30ClN3O2/c1-3-6-15(7-4-5-10-18)13-19-14-21-11-8-16(9-12-21)20-17(22)23-2/h4,6-7,13,16-17,20,22H,3,5,8-12,14H2,1-2H3/b7-4-,15-6+,19-13+. The van der Waals surface area contributed by atoms with Gasteiger partial charge in [0.2, 0.25) is 6.41 Å². The Balaban J connectivity index is 2.33. The highest BCUT2D eigenvalue weighted by molar-refractivity contribution is 6.17. The third kappa shape index (κ3) is 9.23. The monoisotopic (exact) mass is 343 g/mol. The van der Waals surface area contributed by atoms with Crippen molar-refractivity contribution < 1.29 is 9.84 Å². The molecule has 0 aromatic carbocycles. The Morgan fingerprint density at radius 1 is 1.48 bits per heavy atom. The van der Waals surface area contributed by atoms with Gasteiger partial charge in [-0.25, -0.2) is 0 Å². The van der Waals surface area contributed by atoms with Crippen LogP contribution in [0.2, 0.25) is 0 Å². The van der Waals surface area contributed by atoms with Crippen molar-refractivity contribution in [3.05, 3.63) is 23.8 Å². The first-order chi connectivity index (χ1) is 11.2. The van der Waals surface area contributed by atoms with E-state index in [4.69, 9.17) is 16.3 Å². The number of rotatable bonds is 10. The van der Waals surface area contributed by atoms with Crippen molar-refractivity contribution in [2.24, 2.45) is 4.99 Å². The van der Waals surface area contributed by atoms with Gasteiger partial charge < -0.3 is 9.84 Å². The number of nitrogens with one attached hydrogen (secondary N) is 1. The second-order valence-electron chi connectivity index (χ2n) is 5.59. The average molecular weight is 344 g/mol. The molecule has 2 N–H and O–H groups in total. The van der Waals surface area contributed by atoms with Gasteiger partial charge in [0, 0.05) is 38.3 Å². The van der Waals surface area contributed by atoms with Crippen molar-refractivity contribution in [2.45, 2.75) is 45.1 Å². The summed E-state index contributed by atoms with van der Waals surface area (Å²) < 4.78 is 4.82. The molecule has 5 nitrogen and oxygen atoms in total. The van der Waals surface area contributed by atoms with E-state index < -0.39 is 6.41 Å². The fourth-order valence-corrected chi connectivity index (χ4v) is 2.58. The third-order valence-corrected chi connectivity index (χ3v) is 3.96. The molecule has 0 amide bonds. The maximum Gasteiger partial charge on any atom is 0.213 e. The zero-order chi connectivity index (χ0) is 16.9. The van der Waals surface area contributed by atoms with Crippen molar-refractivity contribution in [1.82, 2.24) is 10.2 Å². The van der Waals surface area contributed by atoms with E-state index in [1.165, 1.54) is 7.11 Å². The van der Waals surface area contributed by atoms with Crippen LogP contribution in [0.15, 0.2) is 28.8 Å². The van der Waals surface area contributed by atoms with Gasteiger partial charge in [0.25, 0.3) is 0 Å². The maximum atomic E-state index is 9.43. The number of piperidine rings is 1. The minimum atomic E-state index is -0.869. The van der Waals surface area contributed by atoms with Gasteiger partial charge in [-0.05, 0) is 31.3 Å². The first kappa shape index (κ1) is 20.3. The topological polar surface area (TPSA) is 57.1 Å². The smallest absolute Gasteiger partial charge is 0.213 e. The minimum absolute atomic E-state index is 0.305. The first-order valence-corrected chi connectivity index (χ1v) is 8.84. The van der Waals surface area contributed by atoms with Gasteiger partial charge in [-0.1, -0.05) is 25.2 Å². The van der Waals surface area contributed by atoms with Crippen LogP contribution in [0.25, 0.3) is 0 Å². The van der Waals surface area contributed by atoms with Gasteiger partial charge in [-0.3, -0.25) is 15.2 Å². The molecule has 0 radical (unpaired) electrons. The van der Waals surface area contributed by atoms with Crippen LogP contribution in [-0.4, -0.2) is 61.4 Å². The van der Waals surface area contributed by atoms with Gasteiger partial charge >= 0.3 is 0 Å². The third-order valence-electron chi connectivity index (χ3n) is 3.74. The zero-order valence-corrected chi connectivity index (χ0v) is 15.0. The summed E-state index contributed by atoms with van der Waals surface area (Å²) in [4.78, 5) is 6.87. The highest BCUT2D eigenvalue weighted by Gasteiger charge is 2.20. The van der Waals surface area contributed by atoms with E-state index in [0.29, 0.717) is 18.6 Å². The molecule has 0 aromatic heterocycles. The van der Waals surface area contributed by atoms with E-state index in [0.717, 1.165) is 44.3 Å². The van der Waals surface area contributed by atoms with E-state index in [1.807, 2.05) is 6.21 Å². The number of alkyl halides is 1. The quantitative estimate of drug-likeness (QED) is 0.277. The largest absolute Gasteiger partial charge is 0.356 e. The summed E-state index contributed by atoms with van der Waals surface area (Å²) in [6.45, 7) is 4.78. The van der Waals surface area contributed by atoms with E-state index in [9.17, 15) is 5.11 Å². The fourth-order valence-electron chi connectivity index (χ4n) is 2.45. The molecule has 1 aliphatic rings. The molecule has 0 aromatic rings. The number of hydrogen-bond donors (Lipinski definition) is 2. The number of halogens is 1. The van der Waals surface area contributed by atoms with Crippen LogP contribution in [0.5, 0.6) is 0 Å². The van der Waals surface area contributed by atoms with Crippen molar-refractivity contribution in [3.8, 4) is 0 Å². The first-order valence-electron chi connectivity index (χ1n) is 8.31. The Kier molecular flexibility index (Phi) is 11.2. The van der Waals surface area contributed by atoms with Gasteiger partial charge in [0.05, 0.1) is 6.67 Å². The summed E-state index contributed by atoms with van der Waals surface area (Å²) in [7, 11) is 1.49. The number of hydrogen-bond acceptors (Lipinski definition) is 5. The summed E-state index contributed by atoms with van der Waals surface area (Å²) in [5.74, 6) is 0.647. The lowest BCUT2D eigenvalue weighted by Gasteiger charge is -2.32. The van der Waals surface area contributed by atoms with Crippen LogP contribution < -0.4 is 5.32 Å². The van der Waals surface area contributed by atoms with Crippen LogP contribution in [-0.2, 0) is 4.74 Å². The Hall–Kier alpha value is -0.720. The average Bonchev–Trinajstić information content (AvgIpc) is 2.56. The van der Waals surface area contributed by atoms with Crippen LogP contribution in [0, 0.1) is 0 Å². The normalized spacial score (nSPS) is 19.9. The van der Waals surface area contributed by atoms with Crippen LogP contribution in [0.1, 0.15) is 32.6 Å². The summed E-state index contributed by atoms with van der Waals surface area (Å²) in [6, 6.07) is 0.305. The molecule has 1 heterocycles. The molecule has 6 heteroatoms. The van der Waals surface area contributed by atoms with Crippen LogP contribution in [0.3, 0.4) is 0 Å². The van der Waals surface area contributed by atoms with Crippen molar-refractivity contribution in [3.63, 3.8) is 0 Å². The predicted octanol–water partition coefficient (Wildman–Crippen LogP) is 2.51. The summed E-state index contributed by atoms with van der Waals surface area (Å²) in [6.07, 6.45) is 11.2. The minimum Gasteiger partial charge on any atom is -0.356 e. The lowest BCUT2D eigenvalue weighted by molar-refractivity contribution is -0.106. The van der Waals surface area contributed by atoms with E-state index in [1.54, 1.807) is 0 Å². The lowest BCUT2D eigenvalue weighted by Crippen LogP contribution is -2.46. The van der Waals surface area contributed by atoms with Gasteiger partial charge in [0.1, 0.15) is 0 Å². The number of likely N-dealkylation sites (tertiary alicyclic amines) is 1. The molecule has 23 heavy (non-hydrogen) atoms. The zero-order valence-electron chi connectivity index (χ0n) is 14.2. The summed E-state index contributed by atoms with van der Waals surface area (Å²) >= 11 is 5.68. The number of aliphatic hydroxyl groups is 1. The summed E-state index contributed by atoms with van der Waals surface area (Å²) in [5.41, 5.74) is 1.14. The molecule has 1 atom stereocenters. The van der Waals surface area contributed by atoms with Crippen LogP contribution in [0.4, 0.5) is 0 Å². The Bertz CT molecular complexity index is 391. The van der Waals surface area contributed by atoms with Crippen molar-refractivity contribution in [2.75, 3.05) is 32.7 Å². The molecule has 1 rings (SSSR count). The van der Waals surface area contributed by atoms with Gasteiger partial charge in [-0.15, -0.1) is 11.6 Å². The molecule has 0 saturated carbocycles. The van der Waals surface area contributed by atoms with Gasteiger partial charge in [-0.2, -0.15) is 0 Å². The predicted molar refractivity (Wildman–Crippen MR) is 97.0 cm³/mol. The fraction of sp³-hybridized carbons (Fsp3) is 0.706. The number of aliphatic hydroxyl groups excluding tert-OH is 1. The molecular formula is C17H30ClN3O2. The number of aliphatic imine (C=N–C) groups is 1. The maximum absolute atomic E-state index is 9.43. The molecule has 1 saturated heterocycles. The number of allylic oxidation sites excluding steroid dienone is 4. The summed E-state index contributed by atoms with van der Waals surface area (Å²) in [5, 5.41) is 12.5. The molecule has 0 bridgehead atoms. The second kappa shape index (κ2) is 12.7. The molecule has 0 spiro atoms. The second-order valence-corrected chi connectivity index (χ2v) is 5.97. The number of ether oxygens (including phenoxy) is 1. The highest BCUT2D eigenvalue weighted by atomic mass is 35.5. The number of methoxy groups -OCH3 is 1. The highest BCUT2D eigenvalue weighted by Crippen LogP contribution is 2.10. The van der Waals surface area contributed by atoms with Gasteiger partial charge in [0.15, 0.2) is 0 Å². The molecule has 132 valence electrons. The van der Waals surface area contributed by atoms with E-state index in [-0.39, 0.29) is 0 Å². The van der Waals surface area contributed by atoms with Crippen LogP contribution >= 0.6 is 11.6 Å². The molecule has 0 aliphatic carbocycles.